The summed E-state index contributed by atoms with van der Waals surface area (Å²) in [6.45, 7) is 0. The fourth-order valence-corrected chi connectivity index (χ4v) is 2.40. The van der Waals surface area contributed by atoms with Crippen molar-refractivity contribution in [3.8, 4) is 16.9 Å². The monoisotopic (exact) mass is 293 g/mol. The van der Waals surface area contributed by atoms with Gasteiger partial charge < -0.3 is 9.84 Å². The second kappa shape index (κ2) is 5.32. The largest absolute Gasteiger partial charge is 0.511 e. The van der Waals surface area contributed by atoms with Crippen LogP contribution in [0, 0.1) is 0 Å². The normalized spacial score (nSPS) is 11.1. The van der Waals surface area contributed by atoms with E-state index in [2.05, 4.69) is 4.74 Å². The number of carboxylic acid groups (broad SMARTS) is 1. The van der Waals surface area contributed by atoms with E-state index in [9.17, 15) is 13.2 Å². The summed E-state index contributed by atoms with van der Waals surface area (Å²) in [7, 11) is -4.10. The zero-order chi connectivity index (χ0) is 14.8. The van der Waals surface area contributed by atoms with Crippen LogP contribution in [-0.2, 0) is 10.0 Å². The second-order valence-electron chi connectivity index (χ2n) is 3.94. The molecule has 0 bridgehead atoms. The molecule has 0 spiro atoms. The zero-order valence-electron chi connectivity index (χ0n) is 10.2. The minimum Gasteiger partial charge on any atom is -0.449 e. The van der Waals surface area contributed by atoms with E-state index in [0.717, 1.165) is 5.56 Å². The summed E-state index contributed by atoms with van der Waals surface area (Å²) in [6, 6.07) is 13.1. The van der Waals surface area contributed by atoms with E-state index in [0.29, 0.717) is 5.56 Å². The quantitative estimate of drug-likeness (QED) is 0.665. The summed E-state index contributed by atoms with van der Waals surface area (Å²) < 4.78 is 27.5. The van der Waals surface area contributed by atoms with E-state index < -0.39 is 16.2 Å². The van der Waals surface area contributed by atoms with Crippen molar-refractivity contribution in [1.29, 1.82) is 0 Å². The number of rotatable bonds is 3. The number of hydrogen-bond donors (Lipinski definition) is 2. The summed E-state index contributed by atoms with van der Waals surface area (Å²) in [4.78, 5) is 10.2. The van der Waals surface area contributed by atoms with Gasteiger partial charge in [0, 0.05) is 0 Å². The third-order valence-electron chi connectivity index (χ3n) is 2.55. The highest BCUT2D eigenvalue weighted by Gasteiger charge is 2.18. The van der Waals surface area contributed by atoms with Crippen LogP contribution in [0.25, 0.3) is 11.1 Å². The molecule has 0 unspecified atom stereocenters. The van der Waals surface area contributed by atoms with Crippen LogP contribution in [0.1, 0.15) is 0 Å². The minimum atomic E-state index is -4.10. The van der Waals surface area contributed by atoms with Crippen LogP contribution in [0.15, 0.2) is 53.4 Å². The van der Waals surface area contributed by atoms with Gasteiger partial charge in [0.1, 0.15) is 4.90 Å². The molecule has 0 aliphatic heterocycles. The third kappa shape index (κ3) is 3.14. The lowest BCUT2D eigenvalue weighted by Gasteiger charge is -2.09. The molecule has 0 heterocycles. The molecule has 0 amide bonds. The number of primary sulfonamides is 1. The van der Waals surface area contributed by atoms with Crippen LogP contribution in [-0.4, -0.2) is 19.7 Å². The first-order valence-corrected chi connectivity index (χ1v) is 7.05. The maximum absolute atomic E-state index is 11.5. The van der Waals surface area contributed by atoms with Crippen LogP contribution in [0.3, 0.4) is 0 Å². The lowest BCUT2D eigenvalue weighted by Crippen LogP contribution is -2.15. The molecule has 3 N–H and O–H groups in total. The maximum atomic E-state index is 11.5. The van der Waals surface area contributed by atoms with Crippen LogP contribution in [0.2, 0.25) is 0 Å². The molecule has 0 saturated heterocycles. The molecule has 20 heavy (non-hydrogen) atoms. The number of hydrogen-bond acceptors (Lipinski definition) is 4. The van der Waals surface area contributed by atoms with Gasteiger partial charge in [-0.15, -0.1) is 0 Å². The fraction of sp³-hybridized carbons (Fsp3) is 0. The van der Waals surface area contributed by atoms with Crippen molar-refractivity contribution in [2.24, 2.45) is 5.14 Å². The molecular formula is C13H11NO5S. The van der Waals surface area contributed by atoms with Gasteiger partial charge in [0.05, 0.1) is 0 Å². The Morgan fingerprint density at radius 2 is 1.70 bits per heavy atom. The molecular weight excluding hydrogens is 282 g/mol. The molecule has 0 aliphatic rings. The van der Waals surface area contributed by atoms with Gasteiger partial charge in [-0.2, -0.15) is 0 Å². The minimum absolute atomic E-state index is 0.320. The Morgan fingerprint density at radius 1 is 1.05 bits per heavy atom. The number of nitrogens with two attached hydrogens (primary N) is 1. The van der Waals surface area contributed by atoms with Gasteiger partial charge in [-0.1, -0.05) is 36.4 Å². The molecule has 0 aliphatic carbocycles. The third-order valence-corrected chi connectivity index (χ3v) is 3.49. The Morgan fingerprint density at radius 3 is 2.25 bits per heavy atom. The smallest absolute Gasteiger partial charge is 0.449 e. The highest BCUT2D eigenvalue weighted by Crippen LogP contribution is 2.29. The second-order valence-corrected chi connectivity index (χ2v) is 5.47. The lowest BCUT2D eigenvalue weighted by atomic mass is 10.1. The van der Waals surface area contributed by atoms with E-state index in [1.807, 2.05) is 6.07 Å². The van der Waals surface area contributed by atoms with Gasteiger partial charge in [-0.25, -0.2) is 18.4 Å². The summed E-state index contributed by atoms with van der Waals surface area (Å²) in [5, 5.41) is 13.7. The number of sulfonamides is 1. The number of ether oxygens (including phenoxy) is 1. The predicted molar refractivity (Wildman–Crippen MR) is 71.9 cm³/mol. The molecule has 0 fully saturated rings. The fourth-order valence-electron chi connectivity index (χ4n) is 1.72. The van der Waals surface area contributed by atoms with E-state index >= 15 is 0 Å². The summed E-state index contributed by atoms with van der Waals surface area (Å²) in [5.74, 6) is -0.320. The first kappa shape index (κ1) is 14.0. The molecule has 7 heteroatoms. The molecule has 6 nitrogen and oxygen atoms in total. The van der Waals surface area contributed by atoms with E-state index in [1.165, 1.54) is 12.1 Å². The zero-order valence-corrected chi connectivity index (χ0v) is 11.0. The van der Waals surface area contributed by atoms with Gasteiger partial charge >= 0.3 is 6.16 Å². The van der Waals surface area contributed by atoms with Gasteiger partial charge in [0.2, 0.25) is 10.0 Å². The van der Waals surface area contributed by atoms with E-state index in [-0.39, 0.29) is 10.6 Å². The Bertz CT molecular complexity index is 741. The number of carbonyl (C=O) groups is 1. The van der Waals surface area contributed by atoms with Gasteiger partial charge in [0.25, 0.3) is 0 Å². The van der Waals surface area contributed by atoms with Crippen molar-refractivity contribution >= 4 is 16.2 Å². The molecule has 2 aromatic carbocycles. The average molecular weight is 293 g/mol. The van der Waals surface area contributed by atoms with Crippen molar-refractivity contribution in [3.63, 3.8) is 0 Å². The van der Waals surface area contributed by atoms with Crippen molar-refractivity contribution in [1.82, 2.24) is 0 Å². The highest BCUT2D eigenvalue weighted by atomic mass is 32.2. The van der Waals surface area contributed by atoms with Gasteiger partial charge in [0.15, 0.2) is 5.75 Å². The molecule has 0 aromatic heterocycles. The molecule has 104 valence electrons. The number of benzene rings is 2. The average Bonchev–Trinajstić information content (AvgIpc) is 2.38. The van der Waals surface area contributed by atoms with Crippen molar-refractivity contribution in [3.05, 3.63) is 48.5 Å². The standard InChI is InChI=1S/C13H11NO5S/c14-20(17,18)12-8-10(9-4-2-1-3-5-9)6-7-11(12)19-13(15)16/h1-8H,(H,15,16)(H2,14,17,18). The summed E-state index contributed by atoms with van der Waals surface area (Å²) in [6.07, 6.45) is -1.61. The predicted octanol–water partition coefficient (Wildman–Crippen LogP) is 2.06. The summed E-state index contributed by atoms with van der Waals surface area (Å²) >= 11 is 0. The Hall–Kier alpha value is -2.38. The Kier molecular flexibility index (Phi) is 3.73. The van der Waals surface area contributed by atoms with E-state index in [1.54, 1.807) is 30.3 Å². The maximum Gasteiger partial charge on any atom is 0.511 e. The van der Waals surface area contributed by atoms with Crippen LogP contribution >= 0.6 is 0 Å². The lowest BCUT2D eigenvalue weighted by molar-refractivity contribution is 0.143. The Balaban J connectivity index is 2.58. The van der Waals surface area contributed by atoms with Crippen molar-refractivity contribution in [2.45, 2.75) is 4.90 Å². The highest BCUT2D eigenvalue weighted by molar-refractivity contribution is 7.89. The van der Waals surface area contributed by atoms with Crippen molar-refractivity contribution in [2.75, 3.05) is 0 Å². The van der Waals surface area contributed by atoms with E-state index in [4.69, 9.17) is 10.2 Å². The molecule has 2 aromatic rings. The first-order valence-electron chi connectivity index (χ1n) is 5.51. The van der Waals surface area contributed by atoms with Crippen LogP contribution < -0.4 is 9.88 Å². The van der Waals surface area contributed by atoms with Crippen LogP contribution in [0.5, 0.6) is 5.75 Å². The van der Waals surface area contributed by atoms with Crippen LogP contribution in [0.4, 0.5) is 4.79 Å². The van der Waals surface area contributed by atoms with Crippen molar-refractivity contribution < 1.29 is 23.1 Å². The molecule has 0 radical (unpaired) electrons. The molecule has 0 saturated carbocycles. The van der Waals surface area contributed by atoms with Gasteiger partial charge in [-0.05, 0) is 23.3 Å². The summed E-state index contributed by atoms with van der Waals surface area (Å²) in [5.41, 5.74) is 1.37. The molecule has 2 rings (SSSR count). The molecule has 0 atom stereocenters. The SMILES string of the molecule is NS(=O)(=O)c1cc(-c2ccccc2)ccc1OC(=O)O. The topological polar surface area (TPSA) is 107 Å². The van der Waals surface area contributed by atoms with Gasteiger partial charge in [-0.3, -0.25) is 0 Å². The first-order chi connectivity index (χ1) is 9.38. The Labute approximate surface area is 115 Å².